The van der Waals surface area contributed by atoms with Crippen molar-refractivity contribution in [1.29, 1.82) is 0 Å². The van der Waals surface area contributed by atoms with E-state index >= 15 is 0 Å². The van der Waals surface area contributed by atoms with Gasteiger partial charge in [0.25, 0.3) is 0 Å². The van der Waals surface area contributed by atoms with Crippen LogP contribution in [0.25, 0.3) is 5.65 Å². The molecule has 4 N–H and O–H groups in total. The van der Waals surface area contributed by atoms with E-state index in [1.54, 1.807) is 6.92 Å². The second-order valence-corrected chi connectivity index (χ2v) is 2.84. The molecule has 0 aliphatic carbocycles. The molecule has 2 heterocycles. The highest BCUT2D eigenvalue weighted by Crippen LogP contribution is 1.89. The molecule has 82 valence electrons. The van der Waals surface area contributed by atoms with Crippen LogP contribution in [0.4, 0.5) is 0 Å². The molecule has 0 fully saturated rings. The van der Waals surface area contributed by atoms with Gasteiger partial charge in [0.15, 0.2) is 0 Å². The van der Waals surface area contributed by atoms with Gasteiger partial charge in [-0.3, -0.25) is 9.89 Å². The minimum absolute atomic E-state index is 0.0972. The molecule has 2 aromatic rings. The lowest BCUT2D eigenvalue weighted by atomic mass is 10.4. The number of nitrogens with two attached hydrogens (primary N) is 1. The van der Waals surface area contributed by atoms with Crippen LogP contribution < -0.4 is 11.2 Å². The Morgan fingerprint density at radius 2 is 2.33 bits per heavy atom. The van der Waals surface area contributed by atoms with Gasteiger partial charge >= 0.3 is 0 Å². The van der Waals surface area contributed by atoms with Crippen molar-refractivity contribution in [3.63, 3.8) is 0 Å². The Balaban J connectivity index is 0.000000245. The first-order valence-corrected chi connectivity index (χ1v) is 4.39. The normalized spacial score (nSPS) is 9.80. The summed E-state index contributed by atoms with van der Waals surface area (Å²) in [6.07, 6.45) is 1.46. The van der Waals surface area contributed by atoms with Crippen LogP contribution in [-0.2, 0) is 0 Å². The van der Waals surface area contributed by atoms with Gasteiger partial charge in [0.1, 0.15) is 6.33 Å². The summed E-state index contributed by atoms with van der Waals surface area (Å²) in [5.74, 6) is 0. The summed E-state index contributed by atoms with van der Waals surface area (Å²) in [4.78, 5) is 11.1. The maximum absolute atomic E-state index is 11.1. The smallest absolute Gasteiger partial charge is 0.226 e. The number of H-pyrrole nitrogens is 1. The van der Waals surface area contributed by atoms with Gasteiger partial charge in [-0.1, -0.05) is 0 Å². The average Bonchev–Trinajstić information content (AvgIpc) is 2.66. The van der Waals surface area contributed by atoms with E-state index in [9.17, 15) is 4.79 Å². The predicted molar refractivity (Wildman–Crippen MR) is 54.5 cm³/mol. The van der Waals surface area contributed by atoms with Crippen LogP contribution in [0.5, 0.6) is 0 Å². The molecule has 0 atom stereocenters. The van der Waals surface area contributed by atoms with E-state index in [1.807, 2.05) is 0 Å². The average molecular weight is 211 g/mol. The Bertz CT molecular complexity index is 473. The third kappa shape index (κ3) is 2.86. The van der Waals surface area contributed by atoms with Crippen LogP contribution in [0.15, 0.2) is 17.2 Å². The molecule has 2 aromatic heterocycles. The van der Waals surface area contributed by atoms with Crippen LogP contribution in [0.3, 0.4) is 0 Å². The van der Waals surface area contributed by atoms with Gasteiger partial charge in [-0.2, -0.15) is 0 Å². The van der Waals surface area contributed by atoms with E-state index in [-0.39, 0.29) is 12.0 Å². The quantitative estimate of drug-likeness (QED) is 0.541. The summed E-state index contributed by atoms with van der Waals surface area (Å²) < 4.78 is 1.50. The van der Waals surface area contributed by atoms with Crippen LogP contribution in [-0.4, -0.2) is 38.1 Å². The summed E-state index contributed by atoms with van der Waals surface area (Å²) >= 11 is 0. The Hall–Kier alpha value is -1.73. The monoisotopic (exact) mass is 211 g/mol. The van der Waals surface area contributed by atoms with E-state index < -0.39 is 0 Å². The summed E-state index contributed by atoms with van der Waals surface area (Å²) in [5.41, 5.74) is 5.79. The molecule has 0 bridgehead atoms. The van der Waals surface area contributed by atoms with Crippen molar-refractivity contribution in [1.82, 2.24) is 19.8 Å². The lowest BCUT2D eigenvalue weighted by Crippen LogP contribution is -2.08. The van der Waals surface area contributed by atoms with Crippen molar-refractivity contribution >= 4 is 5.65 Å². The van der Waals surface area contributed by atoms with Crippen molar-refractivity contribution in [2.75, 3.05) is 13.2 Å². The predicted octanol–water partition coefficient (Wildman–Crippen LogP) is -1.34. The minimum atomic E-state index is -0.112. The number of aromatic nitrogens is 4. The number of aryl methyl sites for hydroxylation is 1. The molecule has 15 heavy (non-hydrogen) atoms. The largest absolute Gasteiger partial charge is 0.395 e. The zero-order chi connectivity index (χ0) is 11.3. The first kappa shape index (κ1) is 11.3. The number of aliphatic hydroxyl groups excluding tert-OH is 1. The van der Waals surface area contributed by atoms with Gasteiger partial charge in [0.05, 0.1) is 6.61 Å². The molecule has 0 spiro atoms. The lowest BCUT2D eigenvalue weighted by molar-refractivity contribution is 0.306. The van der Waals surface area contributed by atoms with Crippen molar-refractivity contribution in [3.05, 3.63) is 28.3 Å². The number of aromatic amines is 1. The fraction of sp³-hybridized carbons (Fsp3) is 0.375. The van der Waals surface area contributed by atoms with Crippen molar-refractivity contribution in [2.45, 2.75) is 6.92 Å². The van der Waals surface area contributed by atoms with Gasteiger partial charge in [-0.05, 0) is 6.92 Å². The Morgan fingerprint density at radius 1 is 1.67 bits per heavy atom. The number of hydrogen-bond donors (Lipinski definition) is 3. The van der Waals surface area contributed by atoms with Gasteiger partial charge < -0.3 is 10.8 Å². The maximum atomic E-state index is 11.1. The molecule has 0 amide bonds. The van der Waals surface area contributed by atoms with E-state index in [0.717, 1.165) is 5.69 Å². The van der Waals surface area contributed by atoms with E-state index in [0.29, 0.717) is 12.2 Å². The first-order valence-electron chi connectivity index (χ1n) is 4.39. The van der Waals surface area contributed by atoms with Gasteiger partial charge in [-0.25, -0.2) is 4.52 Å². The zero-order valence-electron chi connectivity index (χ0n) is 8.34. The highest BCUT2D eigenvalue weighted by atomic mass is 16.3. The number of hydrogen-bond acceptors (Lipinski definition) is 5. The highest BCUT2D eigenvalue weighted by molar-refractivity contribution is 5.34. The summed E-state index contributed by atoms with van der Waals surface area (Å²) in [6.45, 7) is 2.28. The SMILES string of the molecule is Cc1cc(=O)c2nncn2[nH]1.NCCO. The summed E-state index contributed by atoms with van der Waals surface area (Å²) in [5, 5.41) is 17.9. The fourth-order valence-electron chi connectivity index (χ4n) is 0.968. The van der Waals surface area contributed by atoms with Crippen molar-refractivity contribution in [3.8, 4) is 0 Å². The first-order chi connectivity index (χ1) is 7.19. The van der Waals surface area contributed by atoms with Crippen molar-refractivity contribution in [2.24, 2.45) is 5.73 Å². The van der Waals surface area contributed by atoms with E-state index in [1.165, 1.54) is 16.9 Å². The molecule has 7 nitrogen and oxygen atoms in total. The third-order valence-corrected chi connectivity index (χ3v) is 1.54. The molecular weight excluding hydrogens is 198 g/mol. The van der Waals surface area contributed by atoms with Crippen LogP contribution >= 0.6 is 0 Å². The number of nitrogens with one attached hydrogen (secondary N) is 1. The molecule has 0 aromatic carbocycles. The number of rotatable bonds is 1. The topological polar surface area (TPSA) is 109 Å². The molecule has 0 aliphatic heterocycles. The number of aliphatic hydroxyl groups is 1. The van der Waals surface area contributed by atoms with E-state index in [4.69, 9.17) is 10.8 Å². The van der Waals surface area contributed by atoms with Gasteiger partial charge in [0, 0.05) is 18.3 Å². The zero-order valence-corrected chi connectivity index (χ0v) is 8.34. The second-order valence-electron chi connectivity index (χ2n) is 2.84. The fourth-order valence-corrected chi connectivity index (χ4v) is 0.968. The molecule has 7 heteroatoms. The van der Waals surface area contributed by atoms with Crippen LogP contribution in [0.2, 0.25) is 0 Å². The minimum Gasteiger partial charge on any atom is -0.395 e. The molecule has 0 saturated heterocycles. The third-order valence-electron chi connectivity index (χ3n) is 1.54. The molecule has 0 radical (unpaired) electrons. The molecule has 0 aliphatic rings. The van der Waals surface area contributed by atoms with Gasteiger partial charge in [0.2, 0.25) is 11.1 Å². The highest BCUT2D eigenvalue weighted by Gasteiger charge is 1.99. The molecular formula is C8H13N5O2. The van der Waals surface area contributed by atoms with Crippen molar-refractivity contribution < 1.29 is 5.11 Å². The van der Waals surface area contributed by atoms with E-state index in [2.05, 4.69) is 15.3 Å². The Kier molecular flexibility index (Phi) is 3.95. The second kappa shape index (κ2) is 5.23. The van der Waals surface area contributed by atoms with Crippen LogP contribution in [0, 0.1) is 6.92 Å². The van der Waals surface area contributed by atoms with Gasteiger partial charge in [-0.15, -0.1) is 10.2 Å². The standard InChI is InChI=1S/C6H6N4O.C2H7NO/c1-4-2-5(11)6-8-7-3-10(6)9-4;3-1-2-4/h2-3,9H,1H3;4H,1-3H2. The molecule has 0 saturated carbocycles. The summed E-state index contributed by atoms with van der Waals surface area (Å²) in [7, 11) is 0. The number of fused-ring (bicyclic) bond motifs is 1. The van der Waals surface area contributed by atoms with Crippen LogP contribution in [0.1, 0.15) is 5.69 Å². The lowest BCUT2D eigenvalue weighted by Gasteiger charge is -1.93. The summed E-state index contributed by atoms with van der Waals surface area (Å²) in [6, 6.07) is 1.49. The Morgan fingerprint density at radius 3 is 2.93 bits per heavy atom. The Labute approximate surface area is 85.5 Å². The maximum Gasteiger partial charge on any atom is 0.226 e. The number of nitrogens with zero attached hydrogens (tertiary/aromatic N) is 3. The molecule has 0 unspecified atom stereocenters. The molecule has 2 rings (SSSR count).